The van der Waals surface area contributed by atoms with Crippen LogP contribution < -0.4 is 9.62 Å². The summed E-state index contributed by atoms with van der Waals surface area (Å²) in [5.74, 6) is -0.687. The SMILES string of the molecule is Cc1ccccc1CN(C(=O)CN(c1ccc(Cl)cc1)S(C)(=O)=O)C(Cc1ccccc1)C(=O)NC1CCCCC1. The summed E-state index contributed by atoms with van der Waals surface area (Å²) in [6, 6.07) is 22.9. The normalized spacial score (nSPS) is 14.7. The Kier molecular flexibility index (Phi) is 10.5. The number of carbonyl (C=O) groups excluding carboxylic acids is 2. The van der Waals surface area contributed by atoms with Crippen molar-refractivity contribution in [3.8, 4) is 0 Å². The number of amides is 2. The van der Waals surface area contributed by atoms with E-state index in [0.29, 0.717) is 17.1 Å². The molecule has 1 N–H and O–H groups in total. The fraction of sp³-hybridized carbons (Fsp3) is 0.375. The van der Waals surface area contributed by atoms with Crippen molar-refractivity contribution in [1.29, 1.82) is 0 Å². The standard InChI is InChI=1S/C32H38ClN3O4S/c1-24-11-9-10-14-26(24)22-35(31(37)23-36(41(2,39)40)29-19-17-27(33)18-20-29)30(21-25-12-5-3-6-13-25)32(38)34-28-15-7-4-8-16-28/h3,5-6,9-14,17-20,28,30H,4,7-8,15-16,21-23H2,1-2H3,(H,34,38). The molecule has 3 aromatic carbocycles. The van der Waals surface area contributed by atoms with Crippen LogP contribution >= 0.6 is 11.6 Å². The summed E-state index contributed by atoms with van der Waals surface area (Å²) >= 11 is 6.04. The number of halogens is 1. The van der Waals surface area contributed by atoms with Gasteiger partial charge < -0.3 is 10.2 Å². The summed E-state index contributed by atoms with van der Waals surface area (Å²) in [4.78, 5) is 29.7. The van der Waals surface area contributed by atoms with Gasteiger partial charge in [-0.2, -0.15) is 0 Å². The third-order valence-electron chi connectivity index (χ3n) is 7.62. The fourth-order valence-electron chi connectivity index (χ4n) is 5.29. The molecule has 41 heavy (non-hydrogen) atoms. The average Bonchev–Trinajstić information content (AvgIpc) is 2.95. The van der Waals surface area contributed by atoms with Crippen molar-refractivity contribution in [2.24, 2.45) is 0 Å². The molecule has 1 saturated carbocycles. The van der Waals surface area contributed by atoms with Gasteiger partial charge in [-0.05, 0) is 60.7 Å². The molecule has 9 heteroatoms. The van der Waals surface area contributed by atoms with Gasteiger partial charge in [0.05, 0.1) is 11.9 Å². The van der Waals surface area contributed by atoms with Crippen LogP contribution in [0.1, 0.15) is 48.8 Å². The first-order valence-corrected chi connectivity index (χ1v) is 16.3. The van der Waals surface area contributed by atoms with E-state index in [4.69, 9.17) is 11.6 Å². The smallest absolute Gasteiger partial charge is 0.244 e. The van der Waals surface area contributed by atoms with Gasteiger partial charge in [-0.25, -0.2) is 8.42 Å². The van der Waals surface area contributed by atoms with Gasteiger partial charge in [0, 0.05) is 24.0 Å². The van der Waals surface area contributed by atoms with Crippen molar-refractivity contribution in [3.63, 3.8) is 0 Å². The third kappa shape index (κ3) is 8.57. The lowest BCUT2D eigenvalue weighted by molar-refractivity contribution is -0.140. The monoisotopic (exact) mass is 595 g/mol. The van der Waals surface area contributed by atoms with Crippen LogP contribution in [0.5, 0.6) is 0 Å². The van der Waals surface area contributed by atoms with Gasteiger partial charge in [-0.15, -0.1) is 0 Å². The zero-order valence-corrected chi connectivity index (χ0v) is 25.2. The number of rotatable bonds is 11. The lowest BCUT2D eigenvalue weighted by Gasteiger charge is -2.35. The summed E-state index contributed by atoms with van der Waals surface area (Å²) in [6.07, 6.45) is 6.47. The second-order valence-corrected chi connectivity index (χ2v) is 13.1. The van der Waals surface area contributed by atoms with Gasteiger partial charge in [0.15, 0.2) is 0 Å². The molecule has 0 spiro atoms. The van der Waals surface area contributed by atoms with Crippen molar-refractivity contribution in [3.05, 3.63) is 101 Å². The van der Waals surface area contributed by atoms with Crippen LogP contribution in [0.4, 0.5) is 5.69 Å². The van der Waals surface area contributed by atoms with E-state index >= 15 is 0 Å². The number of hydrogen-bond donors (Lipinski definition) is 1. The van der Waals surface area contributed by atoms with Crippen molar-refractivity contribution in [1.82, 2.24) is 10.2 Å². The molecule has 0 aromatic heterocycles. The van der Waals surface area contributed by atoms with Crippen LogP contribution in [-0.2, 0) is 32.6 Å². The molecule has 1 unspecified atom stereocenters. The van der Waals surface area contributed by atoms with E-state index in [9.17, 15) is 18.0 Å². The average molecular weight is 596 g/mol. The van der Waals surface area contributed by atoms with Gasteiger partial charge in [0.25, 0.3) is 0 Å². The minimum atomic E-state index is -3.83. The first-order chi connectivity index (χ1) is 19.6. The second kappa shape index (κ2) is 14.0. The highest BCUT2D eigenvalue weighted by atomic mass is 35.5. The predicted molar refractivity (Wildman–Crippen MR) is 164 cm³/mol. The summed E-state index contributed by atoms with van der Waals surface area (Å²) in [6.45, 7) is 1.68. The predicted octanol–water partition coefficient (Wildman–Crippen LogP) is 5.50. The first-order valence-electron chi connectivity index (χ1n) is 14.0. The van der Waals surface area contributed by atoms with Crippen molar-refractivity contribution < 1.29 is 18.0 Å². The molecule has 2 amide bonds. The quantitative estimate of drug-likeness (QED) is 0.317. The van der Waals surface area contributed by atoms with E-state index in [0.717, 1.165) is 59.4 Å². The molecule has 1 atom stereocenters. The van der Waals surface area contributed by atoms with Gasteiger partial charge in [-0.3, -0.25) is 13.9 Å². The molecule has 0 bridgehead atoms. The first kappa shape index (κ1) is 30.6. The zero-order valence-electron chi connectivity index (χ0n) is 23.6. The maximum atomic E-state index is 14.2. The second-order valence-electron chi connectivity index (χ2n) is 10.7. The maximum absolute atomic E-state index is 14.2. The number of sulfonamides is 1. The van der Waals surface area contributed by atoms with Gasteiger partial charge in [0.1, 0.15) is 12.6 Å². The molecular formula is C32H38ClN3O4S. The topological polar surface area (TPSA) is 86.8 Å². The zero-order chi connectivity index (χ0) is 29.4. The number of anilines is 1. The van der Waals surface area contributed by atoms with Crippen LogP contribution in [0.25, 0.3) is 0 Å². The Bertz CT molecular complexity index is 1420. The molecule has 0 saturated heterocycles. The van der Waals surface area contributed by atoms with Crippen molar-refractivity contribution in [2.45, 2.75) is 64.1 Å². The van der Waals surface area contributed by atoms with E-state index in [1.54, 1.807) is 29.2 Å². The van der Waals surface area contributed by atoms with Gasteiger partial charge >= 0.3 is 0 Å². The Balaban J connectivity index is 1.72. The maximum Gasteiger partial charge on any atom is 0.244 e. The molecule has 0 aliphatic heterocycles. The van der Waals surface area contributed by atoms with E-state index in [1.807, 2.05) is 61.5 Å². The number of nitrogens with zero attached hydrogens (tertiary/aromatic N) is 2. The number of benzene rings is 3. The Morgan fingerprint density at radius 3 is 2.20 bits per heavy atom. The summed E-state index contributed by atoms with van der Waals surface area (Å²) < 4.78 is 26.8. The summed E-state index contributed by atoms with van der Waals surface area (Å²) in [7, 11) is -3.83. The largest absolute Gasteiger partial charge is 0.352 e. The number of aryl methyl sites for hydroxylation is 1. The van der Waals surface area contributed by atoms with E-state index in [2.05, 4.69) is 5.32 Å². The Labute approximate surface area is 248 Å². The molecule has 3 aromatic rings. The number of hydrogen-bond acceptors (Lipinski definition) is 4. The van der Waals surface area contributed by atoms with Crippen molar-refractivity contribution in [2.75, 3.05) is 17.1 Å². The van der Waals surface area contributed by atoms with Crippen LogP contribution in [0, 0.1) is 6.92 Å². The van der Waals surface area contributed by atoms with Crippen LogP contribution in [-0.4, -0.2) is 50.0 Å². The Morgan fingerprint density at radius 1 is 0.927 bits per heavy atom. The minimum Gasteiger partial charge on any atom is -0.352 e. The van der Waals surface area contributed by atoms with E-state index in [1.165, 1.54) is 0 Å². The summed E-state index contributed by atoms with van der Waals surface area (Å²) in [5, 5.41) is 3.67. The van der Waals surface area contributed by atoms with E-state index in [-0.39, 0.29) is 18.5 Å². The van der Waals surface area contributed by atoms with E-state index < -0.39 is 28.5 Å². The molecule has 4 rings (SSSR count). The molecule has 0 heterocycles. The Morgan fingerprint density at radius 2 is 1.56 bits per heavy atom. The van der Waals surface area contributed by atoms with Gasteiger partial charge in [0.2, 0.25) is 21.8 Å². The highest BCUT2D eigenvalue weighted by Gasteiger charge is 2.34. The van der Waals surface area contributed by atoms with Crippen molar-refractivity contribution >= 4 is 39.1 Å². The molecule has 1 aliphatic rings. The highest BCUT2D eigenvalue weighted by molar-refractivity contribution is 7.92. The molecule has 1 aliphatic carbocycles. The Hall–Kier alpha value is -3.36. The molecular weight excluding hydrogens is 558 g/mol. The fourth-order valence-corrected chi connectivity index (χ4v) is 6.27. The third-order valence-corrected chi connectivity index (χ3v) is 9.01. The van der Waals surface area contributed by atoms with Crippen LogP contribution in [0.3, 0.4) is 0 Å². The van der Waals surface area contributed by atoms with Gasteiger partial charge in [-0.1, -0.05) is 85.5 Å². The number of nitrogens with one attached hydrogen (secondary N) is 1. The molecule has 7 nitrogen and oxygen atoms in total. The lowest BCUT2D eigenvalue weighted by Crippen LogP contribution is -2.55. The van der Waals surface area contributed by atoms with Crippen LogP contribution in [0.2, 0.25) is 5.02 Å². The minimum absolute atomic E-state index is 0.0616. The number of carbonyl (C=O) groups is 2. The molecule has 1 fully saturated rings. The lowest BCUT2D eigenvalue weighted by atomic mass is 9.94. The highest BCUT2D eigenvalue weighted by Crippen LogP contribution is 2.24. The molecule has 0 radical (unpaired) electrons. The molecule has 218 valence electrons. The summed E-state index contributed by atoms with van der Waals surface area (Å²) in [5.41, 5.74) is 3.11. The van der Waals surface area contributed by atoms with Crippen LogP contribution in [0.15, 0.2) is 78.9 Å².